The van der Waals surface area contributed by atoms with Crippen molar-refractivity contribution in [2.45, 2.75) is 13.5 Å². The monoisotopic (exact) mass is 368 g/mol. The van der Waals surface area contributed by atoms with Crippen molar-refractivity contribution in [3.05, 3.63) is 65.2 Å². The lowest BCUT2D eigenvalue weighted by Gasteiger charge is -2.23. The Kier molecular flexibility index (Phi) is 6.57. The molecule has 0 radical (unpaired) electrons. The first kappa shape index (κ1) is 19.1. The number of morpholine rings is 1. The molecular formula is C21H26N3O3+. The van der Waals surface area contributed by atoms with Crippen LogP contribution in [0.3, 0.4) is 0 Å². The number of hydrogen-bond acceptors (Lipinski definition) is 4. The molecule has 3 rings (SSSR count). The summed E-state index contributed by atoms with van der Waals surface area (Å²) in [5.41, 5.74) is 6.11. The maximum absolute atomic E-state index is 12.3. The number of ether oxygens (including phenoxy) is 2. The SMILES string of the molecule is COc1ccc(/C(C)=N\NC(=O)c2ccc(C[NH+]3CCOCC3)cc2)cc1. The molecule has 27 heavy (non-hydrogen) atoms. The van der Waals surface area contributed by atoms with Gasteiger partial charge in [0, 0.05) is 11.1 Å². The van der Waals surface area contributed by atoms with Crippen molar-refractivity contribution in [2.75, 3.05) is 33.4 Å². The first-order chi connectivity index (χ1) is 13.2. The second-order valence-corrected chi connectivity index (χ2v) is 6.60. The van der Waals surface area contributed by atoms with Gasteiger partial charge in [-0.2, -0.15) is 5.10 Å². The Morgan fingerprint density at radius 2 is 1.70 bits per heavy atom. The maximum Gasteiger partial charge on any atom is 0.271 e. The lowest BCUT2D eigenvalue weighted by atomic mass is 10.1. The van der Waals surface area contributed by atoms with Gasteiger partial charge in [0.2, 0.25) is 0 Å². The van der Waals surface area contributed by atoms with Crippen LogP contribution in [0.15, 0.2) is 53.6 Å². The van der Waals surface area contributed by atoms with Crippen LogP contribution in [0.1, 0.15) is 28.4 Å². The van der Waals surface area contributed by atoms with E-state index in [4.69, 9.17) is 9.47 Å². The number of benzene rings is 2. The van der Waals surface area contributed by atoms with Crippen LogP contribution in [0.25, 0.3) is 0 Å². The van der Waals surface area contributed by atoms with Crippen LogP contribution >= 0.6 is 0 Å². The molecule has 0 aromatic heterocycles. The fourth-order valence-electron chi connectivity index (χ4n) is 3.00. The van der Waals surface area contributed by atoms with Gasteiger partial charge in [-0.15, -0.1) is 0 Å². The van der Waals surface area contributed by atoms with E-state index in [0.29, 0.717) is 5.56 Å². The number of rotatable bonds is 6. The topological polar surface area (TPSA) is 64.4 Å². The summed E-state index contributed by atoms with van der Waals surface area (Å²) in [6, 6.07) is 15.3. The zero-order valence-corrected chi connectivity index (χ0v) is 15.8. The summed E-state index contributed by atoms with van der Waals surface area (Å²) in [6.45, 7) is 6.52. The number of carbonyl (C=O) groups excluding carboxylic acids is 1. The first-order valence-electron chi connectivity index (χ1n) is 9.15. The highest BCUT2D eigenvalue weighted by Gasteiger charge is 2.14. The Bertz CT molecular complexity index is 779. The summed E-state index contributed by atoms with van der Waals surface area (Å²) in [5.74, 6) is 0.572. The minimum absolute atomic E-state index is 0.215. The molecule has 2 aromatic rings. The molecule has 1 heterocycles. The zero-order valence-electron chi connectivity index (χ0n) is 15.8. The Morgan fingerprint density at radius 1 is 1.07 bits per heavy atom. The Labute approximate surface area is 159 Å². The molecule has 2 aromatic carbocycles. The molecule has 1 saturated heterocycles. The van der Waals surface area contributed by atoms with Crippen molar-refractivity contribution in [3.8, 4) is 5.75 Å². The summed E-state index contributed by atoms with van der Waals surface area (Å²) in [5, 5.41) is 4.20. The van der Waals surface area contributed by atoms with Crippen LogP contribution in [0, 0.1) is 0 Å². The maximum atomic E-state index is 12.3. The number of carbonyl (C=O) groups is 1. The second-order valence-electron chi connectivity index (χ2n) is 6.60. The van der Waals surface area contributed by atoms with Crippen LogP contribution in [0.2, 0.25) is 0 Å². The van der Waals surface area contributed by atoms with E-state index in [0.717, 1.165) is 49.9 Å². The van der Waals surface area contributed by atoms with Gasteiger partial charge in [-0.05, 0) is 48.9 Å². The van der Waals surface area contributed by atoms with E-state index in [-0.39, 0.29) is 5.91 Å². The van der Waals surface area contributed by atoms with E-state index in [1.807, 2.05) is 55.5 Å². The Hall–Kier alpha value is -2.70. The lowest BCUT2D eigenvalue weighted by molar-refractivity contribution is -0.921. The van der Waals surface area contributed by atoms with Gasteiger partial charge in [-0.3, -0.25) is 4.79 Å². The van der Waals surface area contributed by atoms with E-state index in [1.54, 1.807) is 7.11 Å². The van der Waals surface area contributed by atoms with Crippen molar-refractivity contribution in [1.82, 2.24) is 5.43 Å². The molecule has 0 spiro atoms. The molecule has 1 amide bonds. The number of amides is 1. The normalized spacial score (nSPS) is 15.4. The fraction of sp³-hybridized carbons (Fsp3) is 0.333. The predicted octanol–water partition coefficient (Wildman–Crippen LogP) is 1.26. The van der Waals surface area contributed by atoms with Gasteiger partial charge in [-0.1, -0.05) is 12.1 Å². The summed E-state index contributed by atoms with van der Waals surface area (Å²) in [6.07, 6.45) is 0. The number of methoxy groups -OCH3 is 1. The minimum Gasteiger partial charge on any atom is -0.497 e. The molecular weight excluding hydrogens is 342 g/mol. The van der Waals surface area contributed by atoms with Crippen LogP contribution in [-0.4, -0.2) is 45.0 Å². The third kappa shape index (κ3) is 5.39. The van der Waals surface area contributed by atoms with E-state index in [2.05, 4.69) is 10.5 Å². The molecule has 0 unspecified atom stereocenters. The number of hydrogen-bond donors (Lipinski definition) is 2. The number of hydrazone groups is 1. The Morgan fingerprint density at radius 3 is 2.33 bits per heavy atom. The fourth-order valence-corrected chi connectivity index (χ4v) is 3.00. The molecule has 6 nitrogen and oxygen atoms in total. The van der Waals surface area contributed by atoms with Gasteiger partial charge < -0.3 is 14.4 Å². The van der Waals surface area contributed by atoms with Crippen LogP contribution in [0.5, 0.6) is 5.75 Å². The van der Waals surface area contributed by atoms with Crippen LogP contribution in [0.4, 0.5) is 0 Å². The lowest BCUT2D eigenvalue weighted by Crippen LogP contribution is -3.12. The molecule has 6 heteroatoms. The van der Waals surface area contributed by atoms with Crippen molar-refractivity contribution >= 4 is 11.6 Å². The third-order valence-electron chi connectivity index (χ3n) is 4.70. The molecule has 0 atom stereocenters. The molecule has 142 valence electrons. The summed E-state index contributed by atoms with van der Waals surface area (Å²) in [7, 11) is 1.63. The van der Waals surface area contributed by atoms with E-state index in [9.17, 15) is 4.79 Å². The predicted molar refractivity (Wildman–Crippen MR) is 104 cm³/mol. The van der Waals surface area contributed by atoms with Crippen LogP contribution < -0.4 is 15.1 Å². The van der Waals surface area contributed by atoms with Crippen molar-refractivity contribution in [3.63, 3.8) is 0 Å². The minimum atomic E-state index is -0.215. The highest BCUT2D eigenvalue weighted by molar-refractivity contribution is 6.00. The first-order valence-corrected chi connectivity index (χ1v) is 9.15. The summed E-state index contributed by atoms with van der Waals surface area (Å²) >= 11 is 0. The van der Waals surface area contributed by atoms with E-state index >= 15 is 0 Å². The third-order valence-corrected chi connectivity index (χ3v) is 4.70. The average molecular weight is 368 g/mol. The van der Waals surface area contributed by atoms with Crippen molar-refractivity contribution in [1.29, 1.82) is 0 Å². The van der Waals surface area contributed by atoms with Gasteiger partial charge in [0.25, 0.3) is 5.91 Å². The van der Waals surface area contributed by atoms with Gasteiger partial charge in [0.15, 0.2) is 0 Å². The molecule has 0 aliphatic carbocycles. The number of nitrogens with zero attached hydrogens (tertiary/aromatic N) is 1. The molecule has 0 saturated carbocycles. The zero-order chi connectivity index (χ0) is 19.1. The second kappa shape index (κ2) is 9.30. The largest absolute Gasteiger partial charge is 0.497 e. The van der Waals surface area contributed by atoms with Gasteiger partial charge >= 0.3 is 0 Å². The van der Waals surface area contributed by atoms with Gasteiger partial charge in [0.1, 0.15) is 25.4 Å². The summed E-state index contributed by atoms with van der Waals surface area (Å²) < 4.78 is 10.5. The van der Waals surface area contributed by atoms with E-state index < -0.39 is 0 Å². The molecule has 1 fully saturated rings. The van der Waals surface area contributed by atoms with E-state index in [1.165, 1.54) is 10.5 Å². The average Bonchev–Trinajstić information content (AvgIpc) is 2.73. The number of nitrogens with one attached hydrogen (secondary N) is 2. The van der Waals surface area contributed by atoms with Gasteiger partial charge in [0.05, 0.1) is 26.0 Å². The highest BCUT2D eigenvalue weighted by atomic mass is 16.5. The Balaban J connectivity index is 1.56. The smallest absolute Gasteiger partial charge is 0.271 e. The molecule has 1 aliphatic rings. The number of quaternary nitrogens is 1. The summed E-state index contributed by atoms with van der Waals surface area (Å²) in [4.78, 5) is 13.8. The highest BCUT2D eigenvalue weighted by Crippen LogP contribution is 2.12. The molecule has 1 aliphatic heterocycles. The quantitative estimate of drug-likeness (QED) is 0.596. The molecule has 0 bridgehead atoms. The van der Waals surface area contributed by atoms with Crippen molar-refractivity contribution < 1.29 is 19.2 Å². The van der Waals surface area contributed by atoms with Crippen molar-refractivity contribution in [2.24, 2.45) is 5.10 Å². The van der Waals surface area contributed by atoms with Gasteiger partial charge in [-0.25, -0.2) is 5.43 Å². The molecule has 2 N–H and O–H groups in total. The standard InChI is InChI=1S/C21H25N3O3/c1-16(18-7-9-20(26-2)10-8-18)22-23-21(25)19-5-3-17(4-6-19)15-24-11-13-27-14-12-24/h3-10H,11-15H2,1-2H3,(H,23,25)/p+1/b22-16-. The van der Waals surface area contributed by atoms with Crippen LogP contribution in [-0.2, 0) is 11.3 Å².